The lowest BCUT2D eigenvalue weighted by atomic mass is 10.1. The molecule has 0 spiro atoms. The van der Waals surface area contributed by atoms with Crippen molar-refractivity contribution in [3.05, 3.63) is 42.0 Å². The average molecular weight is 340 g/mol. The Morgan fingerprint density at radius 1 is 0.960 bits per heavy atom. The monoisotopic (exact) mass is 340 g/mol. The van der Waals surface area contributed by atoms with Crippen LogP contribution in [0.4, 0.5) is 5.69 Å². The molecule has 7 heteroatoms. The second-order valence-electron chi connectivity index (χ2n) is 5.44. The minimum Gasteiger partial charge on any atom is -0.493 e. The molecule has 0 fully saturated rings. The molecule has 0 radical (unpaired) electrons. The van der Waals surface area contributed by atoms with E-state index in [4.69, 9.17) is 14.2 Å². The van der Waals surface area contributed by atoms with Crippen LogP contribution in [0, 0.1) is 6.92 Å². The number of anilines is 1. The number of hydrogen-bond donors (Lipinski definition) is 1. The second kappa shape index (κ2) is 7.21. The zero-order valence-corrected chi connectivity index (χ0v) is 14.7. The Kier molecular flexibility index (Phi) is 4.83. The second-order valence-corrected chi connectivity index (χ2v) is 5.44. The van der Waals surface area contributed by atoms with Crippen molar-refractivity contribution in [2.45, 2.75) is 13.5 Å². The van der Waals surface area contributed by atoms with E-state index < -0.39 is 0 Å². The molecule has 0 aliphatic carbocycles. The molecule has 130 valence electrons. The summed E-state index contributed by atoms with van der Waals surface area (Å²) >= 11 is 0. The van der Waals surface area contributed by atoms with Gasteiger partial charge in [-0.15, -0.1) is 0 Å². The number of rotatable bonds is 6. The molecule has 0 saturated heterocycles. The van der Waals surface area contributed by atoms with Gasteiger partial charge in [-0.05, 0) is 18.1 Å². The first-order chi connectivity index (χ1) is 12.2. The largest absolute Gasteiger partial charge is 0.493 e. The number of hydrogen-bond acceptors (Lipinski definition) is 7. The maximum Gasteiger partial charge on any atom is 0.203 e. The lowest BCUT2D eigenvalue weighted by Gasteiger charge is -2.15. The van der Waals surface area contributed by atoms with Gasteiger partial charge in [0.05, 0.1) is 21.3 Å². The molecule has 7 nitrogen and oxygen atoms in total. The van der Waals surface area contributed by atoms with Crippen LogP contribution in [0.5, 0.6) is 17.2 Å². The fourth-order valence-corrected chi connectivity index (χ4v) is 2.66. The van der Waals surface area contributed by atoms with Gasteiger partial charge < -0.3 is 19.5 Å². The van der Waals surface area contributed by atoms with Crippen LogP contribution in [0.3, 0.4) is 0 Å². The van der Waals surface area contributed by atoms with Gasteiger partial charge in [-0.3, -0.25) is 0 Å². The lowest BCUT2D eigenvalue weighted by molar-refractivity contribution is 0.324. The Morgan fingerprint density at radius 2 is 1.68 bits per heavy atom. The van der Waals surface area contributed by atoms with Crippen molar-refractivity contribution < 1.29 is 14.2 Å². The molecule has 1 N–H and O–H groups in total. The van der Waals surface area contributed by atoms with Crippen LogP contribution in [0.25, 0.3) is 11.0 Å². The Balaban J connectivity index is 1.88. The van der Waals surface area contributed by atoms with Crippen molar-refractivity contribution in [1.82, 2.24) is 15.0 Å². The molecule has 3 rings (SSSR count). The van der Waals surface area contributed by atoms with Gasteiger partial charge in [0.25, 0.3) is 0 Å². The van der Waals surface area contributed by atoms with E-state index in [1.807, 2.05) is 25.3 Å². The van der Waals surface area contributed by atoms with Gasteiger partial charge in [0.1, 0.15) is 6.33 Å². The van der Waals surface area contributed by atoms with E-state index in [2.05, 4.69) is 20.3 Å². The molecule has 0 bridgehead atoms. The van der Waals surface area contributed by atoms with Gasteiger partial charge in [-0.25, -0.2) is 15.0 Å². The molecule has 0 aliphatic heterocycles. The van der Waals surface area contributed by atoms with Gasteiger partial charge in [0.15, 0.2) is 17.1 Å². The van der Waals surface area contributed by atoms with Crippen molar-refractivity contribution in [2.24, 2.45) is 0 Å². The lowest BCUT2D eigenvalue weighted by Crippen LogP contribution is -2.04. The van der Waals surface area contributed by atoms with E-state index in [0.29, 0.717) is 29.4 Å². The molecule has 2 aromatic heterocycles. The summed E-state index contributed by atoms with van der Waals surface area (Å²) in [5, 5.41) is 4.32. The van der Waals surface area contributed by atoms with E-state index in [1.165, 1.54) is 6.33 Å². The zero-order valence-electron chi connectivity index (χ0n) is 14.7. The van der Waals surface area contributed by atoms with Gasteiger partial charge in [0.2, 0.25) is 5.75 Å². The van der Waals surface area contributed by atoms with E-state index in [1.54, 1.807) is 27.5 Å². The number of methoxy groups -OCH3 is 3. The molecular weight excluding hydrogens is 320 g/mol. The fourth-order valence-electron chi connectivity index (χ4n) is 2.66. The number of nitrogens with zero attached hydrogens (tertiary/aromatic N) is 3. The number of pyridine rings is 1. The summed E-state index contributed by atoms with van der Waals surface area (Å²) in [5.74, 6) is 1.77. The van der Waals surface area contributed by atoms with Gasteiger partial charge in [-0.1, -0.05) is 0 Å². The number of fused-ring (bicyclic) bond motifs is 1. The summed E-state index contributed by atoms with van der Waals surface area (Å²) in [6.45, 7) is 2.64. The predicted molar refractivity (Wildman–Crippen MR) is 95.5 cm³/mol. The number of aryl methyl sites for hydroxylation is 1. The summed E-state index contributed by atoms with van der Waals surface area (Å²) in [6, 6.07) is 3.74. The smallest absolute Gasteiger partial charge is 0.203 e. The highest BCUT2D eigenvalue weighted by molar-refractivity contribution is 5.78. The van der Waals surface area contributed by atoms with Gasteiger partial charge in [-0.2, -0.15) is 0 Å². The third-order valence-electron chi connectivity index (χ3n) is 4.07. The van der Waals surface area contributed by atoms with E-state index in [9.17, 15) is 0 Å². The number of ether oxygens (including phenoxy) is 3. The van der Waals surface area contributed by atoms with Crippen molar-refractivity contribution >= 4 is 16.7 Å². The standard InChI is InChI=1S/C18H20N4O3/c1-11-12(8-21-18-14(11)9-19-10-22-18)7-20-13-5-15(23-2)17(25-4)16(6-13)24-3/h5-6,8-10,20H,7H2,1-4H3. The van der Waals surface area contributed by atoms with Crippen molar-refractivity contribution in [1.29, 1.82) is 0 Å². The van der Waals surface area contributed by atoms with E-state index in [-0.39, 0.29) is 0 Å². The molecule has 2 heterocycles. The molecule has 0 aliphatic rings. The van der Waals surface area contributed by atoms with Crippen LogP contribution in [-0.2, 0) is 6.54 Å². The van der Waals surface area contributed by atoms with Crippen LogP contribution in [0.2, 0.25) is 0 Å². The Labute approximate surface area is 146 Å². The number of aromatic nitrogens is 3. The third kappa shape index (κ3) is 3.26. The van der Waals surface area contributed by atoms with Crippen molar-refractivity contribution in [3.63, 3.8) is 0 Å². The van der Waals surface area contributed by atoms with Crippen LogP contribution in [-0.4, -0.2) is 36.3 Å². The van der Waals surface area contributed by atoms with Crippen LogP contribution in [0.15, 0.2) is 30.9 Å². The highest BCUT2D eigenvalue weighted by atomic mass is 16.5. The molecule has 0 atom stereocenters. The van der Waals surface area contributed by atoms with Gasteiger partial charge >= 0.3 is 0 Å². The molecule has 25 heavy (non-hydrogen) atoms. The van der Waals surface area contributed by atoms with Crippen molar-refractivity contribution in [2.75, 3.05) is 26.6 Å². The van der Waals surface area contributed by atoms with E-state index in [0.717, 1.165) is 22.2 Å². The summed E-state index contributed by atoms with van der Waals surface area (Å²) in [7, 11) is 4.77. The summed E-state index contributed by atoms with van der Waals surface area (Å²) in [5.41, 5.74) is 3.73. The highest BCUT2D eigenvalue weighted by Crippen LogP contribution is 2.40. The summed E-state index contributed by atoms with van der Waals surface area (Å²) in [6.07, 6.45) is 5.12. The summed E-state index contributed by atoms with van der Waals surface area (Å²) < 4.78 is 16.1. The number of benzene rings is 1. The van der Waals surface area contributed by atoms with Crippen LogP contribution in [0.1, 0.15) is 11.1 Å². The first-order valence-electron chi connectivity index (χ1n) is 7.76. The third-order valence-corrected chi connectivity index (χ3v) is 4.07. The van der Waals surface area contributed by atoms with Crippen molar-refractivity contribution in [3.8, 4) is 17.2 Å². The first-order valence-corrected chi connectivity index (χ1v) is 7.76. The van der Waals surface area contributed by atoms with Crippen LogP contribution < -0.4 is 19.5 Å². The molecular formula is C18H20N4O3. The van der Waals surface area contributed by atoms with Gasteiger partial charge in [0, 0.05) is 42.1 Å². The summed E-state index contributed by atoms with van der Waals surface area (Å²) in [4.78, 5) is 12.6. The zero-order chi connectivity index (χ0) is 17.8. The molecule has 0 amide bonds. The number of nitrogens with one attached hydrogen (secondary N) is 1. The molecule has 0 saturated carbocycles. The highest BCUT2D eigenvalue weighted by Gasteiger charge is 2.13. The normalized spacial score (nSPS) is 10.6. The Bertz CT molecular complexity index is 874. The molecule has 3 aromatic rings. The SMILES string of the molecule is COc1cc(NCc2cnc3ncncc3c2C)cc(OC)c1OC. The average Bonchev–Trinajstić information content (AvgIpc) is 2.66. The quantitative estimate of drug-likeness (QED) is 0.739. The fraction of sp³-hybridized carbons (Fsp3) is 0.278. The Morgan fingerprint density at radius 3 is 2.32 bits per heavy atom. The van der Waals surface area contributed by atoms with E-state index >= 15 is 0 Å². The molecule has 1 aromatic carbocycles. The minimum atomic E-state index is 0.566. The minimum absolute atomic E-state index is 0.566. The topological polar surface area (TPSA) is 78.4 Å². The van der Waals surface area contributed by atoms with Crippen LogP contribution >= 0.6 is 0 Å². The molecule has 0 unspecified atom stereocenters. The Hall–Kier alpha value is -3.09. The predicted octanol–water partition coefficient (Wildman–Crippen LogP) is 2.97. The maximum atomic E-state index is 5.38. The maximum absolute atomic E-state index is 5.38. The first kappa shape index (κ1) is 16.8.